The summed E-state index contributed by atoms with van der Waals surface area (Å²) < 4.78 is 37.6. The Morgan fingerprint density at radius 3 is 2.54 bits per heavy atom. The van der Waals surface area contributed by atoms with Crippen LogP contribution >= 0.6 is 0 Å². The van der Waals surface area contributed by atoms with Gasteiger partial charge in [-0.15, -0.1) is 0 Å². The highest BCUT2D eigenvalue weighted by Gasteiger charge is 2.24. The molecule has 0 radical (unpaired) electrons. The fourth-order valence-corrected chi connectivity index (χ4v) is 2.45. The van der Waals surface area contributed by atoms with Crippen molar-refractivity contribution in [2.75, 3.05) is 18.5 Å². The summed E-state index contributed by atoms with van der Waals surface area (Å²) in [5.41, 5.74) is -1.61. The number of hydrogen-bond donors (Lipinski definition) is 1. The third kappa shape index (κ3) is 3.88. The van der Waals surface area contributed by atoms with Crippen LogP contribution in [0.2, 0.25) is 0 Å². The average molecular weight is 387 g/mol. The van der Waals surface area contributed by atoms with Crippen molar-refractivity contribution in [2.24, 2.45) is 0 Å². The fourth-order valence-electron chi connectivity index (χ4n) is 2.45. The Morgan fingerprint density at radius 2 is 1.89 bits per heavy atom. The van der Waals surface area contributed by atoms with Gasteiger partial charge in [0.15, 0.2) is 11.5 Å². The second-order valence-electron chi connectivity index (χ2n) is 5.56. The van der Waals surface area contributed by atoms with Crippen molar-refractivity contribution in [2.45, 2.75) is 0 Å². The summed E-state index contributed by atoms with van der Waals surface area (Å²) in [6.07, 6.45) is 0.845. The van der Waals surface area contributed by atoms with E-state index in [0.717, 1.165) is 30.3 Å². The van der Waals surface area contributed by atoms with Gasteiger partial charge in [0, 0.05) is 11.6 Å². The van der Waals surface area contributed by atoms with E-state index in [-0.39, 0.29) is 36.0 Å². The standard InChI is InChI=1S/C18H11F2N3O5/c19-12-1-2-13(20)10(6-12)5-11(9-21)18(24)22-14-7-16-17(28-4-3-27-16)8-15(14)23(25)26/h1-2,5-8H,3-4H2,(H,22,24). The first-order chi connectivity index (χ1) is 13.4. The van der Waals surface area contributed by atoms with E-state index in [1.165, 1.54) is 6.07 Å². The molecule has 0 aromatic heterocycles. The Bertz CT molecular complexity index is 1050. The molecule has 0 saturated heterocycles. The van der Waals surface area contributed by atoms with E-state index in [2.05, 4.69) is 5.32 Å². The second-order valence-corrected chi connectivity index (χ2v) is 5.56. The summed E-state index contributed by atoms with van der Waals surface area (Å²) in [5.74, 6) is -2.30. The number of rotatable bonds is 4. The number of ether oxygens (including phenoxy) is 2. The minimum absolute atomic E-state index is 0.147. The maximum atomic E-state index is 13.7. The van der Waals surface area contributed by atoms with Gasteiger partial charge in [-0.05, 0) is 24.3 Å². The lowest BCUT2D eigenvalue weighted by molar-refractivity contribution is -0.384. The highest BCUT2D eigenvalue weighted by molar-refractivity contribution is 6.10. The van der Waals surface area contributed by atoms with Crippen molar-refractivity contribution in [1.82, 2.24) is 0 Å². The van der Waals surface area contributed by atoms with E-state index in [1.807, 2.05) is 0 Å². The summed E-state index contributed by atoms with van der Waals surface area (Å²) in [7, 11) is 0. The summed E-state index contributed by atoms with van der Waals surface area (Å²) in [6, 6.07) is 6.39. The number of halogens is 2. The molecule has 0 bridgehead atoms. The molecular formula is C18H11F2N3O5. The molecule has 0 fully saturated rings. The van der Waals surface area contributed by atoms with Crippen molar-refractivity contribution in [3.8, 4) is 17.6 Å². The average Bonchev–Trinajstić information content (AvgIpc) is 2.67. The number of anilines is 1. The maximum Gasteiger partial charge on any atom is 0.296 e. The number of nitrogens with one attached hydrogen (secondary N) is 1. The van der Waals surface area contributed by atoms with E-state index < -0.39 is 33.7 Å². The molecule has 0 spiro atoms. The van der Waals surface area contributed by atoms with Gasteiger partial charge < -0.3 is 14.8 Å². The van der Waals surface area contributed by atoms with Crippen LogP contribution in [0.25, 0.3) is 6.08 Å². The molecule has 1 aliphatic rings. The Kier molecular flexibility index (Phi) is 5.17. The zero-order valence-electron chi connectivity index (χ0n) is 14.1. The molecule has 1 heterocycles. The SMILES string of the molecule is N#CC(=Cc1cc(F)ccc1F)C(=O)Nc1cc2c(cc1[N+](=O)[O-])OCCO2. The number of hydrogen-bond acceptors (Lipinski definition) is 6. The van der Waals surface area contributed by atoms with E-state index in [0.29, 0.717) is 0 Å². The summed E-state index contributed by atoms with van der Waals surface area (Å²) in [4.78, 5) is 22.9. The molecule has 0 aliphatic carbocycles. The van der Waals surface area contributed by atoms with Gasteiger partial charge in [-0.1, -0.05) is 0 Å². The van der Waals surface area contributed by atoms with Gasteiger partial charge in [0.2, 0.25) is 0 Å². The molecule has 28 heavy (non-hydrogen) atoms. The van der Waals surface area contributed by atoms with Gasteiger partial charge in [-0.3, -0.25) is 14.9 Å². The number of nitriles is 1. The lowest BCUT2D eigenvalue weighted by Gasteiger charge is -2.19. The van der Waals surface area contributed by atoms with Crippen molar-refractivity contribution in [3.63, 3.8) is 0 Å². The largest absolute Gasteiger partial charge is 0.486 e. The zero-order chi connectivity index (χ0) is 20.3. The van der Waals surface area contributed by atoms with Gasteiger partial charge in [-0.2, -0.15) is 5.26 Å². The summed E-state index contributed by atoms with van der Waals surface area (Å²) >= 11 is 0. The first kappa shape index (κ1) is 18.8. The first-order valence-electron chi connectivity index (χ1n) is 7.85. The number of nitro benzene ring substituents is 1. The normalized spacial score (nSPS) is 12.8. The molecule has 0 unspecified atom stereocenters. The number of nitro groups is 1. The molecule has 1 N–H and O–H groups in total. The number of carbonyl (C=O) groups is 1. The Labute approximate surface area is 156 Å². The van der Waals surface area contributed by atoms with Crippen LogP contribution in [-0.4, -0.2) is 24.0 Å². The van der Waals surface area contributed by atoms with Crippen LogP contribution in [0.1, 0.15) is 5.56 Å². The van der Waals surface area contributed by atoms with Crippen LogP contribution in [-0.2, 0) is 4.79 Å². The van der Waals surface area contributed by atoms with Crippen LogP contribution in [0.3, 0.4) is 0 Å². The highest BCUT2D eigenvalue weighted by atomic mass is 19.1. The van der Waals surface area contributed by atoms with Crippen LogP contribution in [0.5, 0.6) is 11.5 Å². The van der Waals surface area contributed by atoms with Crippen molar-refractivity contribution in [3.05, 3.63) is 63.2 Å². The molecule has 2 aromatic carbocycles. The molecule has 3 rings (SSSR count). The van der Waals surface area contributed by atoms with Crippen LogP contribution in [0.15, 0.2) is 35.9 Å². The third-order valence-electron chi connectivity index (χ3n) is 3.73. The van der Waals surface area contributed by atoms with E-state index in [1.54, 1.807) is 6.07 Å². The smallest absolute Gasteiger partial charge is 0.296 e. The molecule has 1 aliphatic heterocycles. The lowest BCUT2D eigenvalue weighted by atomic mass is 10.1. The molecule has 8 nitrogen and oxygen atoms in total. The van der Waals surface area contributed by atoms with E-state index in [4.69, 9.17) is 9.47 Å². The molecular weight excluding hydrogens is 376 g/mol. The van der Waals surface area contributed by atoms with E-state index >= 15 is 0 Å². The van der Waals surface area contributed by atoms with Crippen LogP contribution < -0.4 is 14.8 Å². The van der Waals surface area contributed by atoms with Crippen molar-refractivity contribution in [1.29, 1.82) is 5.26 Å². The number of benzene rings is 2. The van der Waals surface area contributed by atoms with Crippen LogP contribution in [0.4, 0.5) is 20.2 Å². The van der Waals surface area contributed by atoms with Crippen molar-refractivity contribution < 1.29 is 28.0 Å². The molecule has 2 aromatic rings. The Hall–Kier alpha value is -4.00. The maximum absolute atomic E-state index is 13.7. The molecule has 142 valence electrons. The van der Waals surface area contributed by atoms with Gasteiger partial charge >= 0.3 is 0 Å². The molecule has 0 saturated carbocycles. The number of amides is 1. The minimum atomic E-state index is -1.04. The highest BCUT2D eigenvalue weighted by Crippen LogP contribution is 2.39. The summed E-state index contributed by atoms with van der Waals surface area (Å²) in [5, 5.41) is 22.7. The molecule has 0 atom stereocenters. The topological polar surface area (TPSA) is 114 Å². The predicted octanol–water partition coefficient (Wildman–Crippen LogP) is 3.19. The second kappa shape index (κ2) is 7.71. The molecule has 10 heteroatoms. The van der Waals surface area contributed by atoms with Gasteiger partial charge in [-0.25, -0.2) is 8.78 Å². The monoisotopic (exact) mass is 387 g/mol. The lowest BCUT2D eigenvalue weighted by Crippen LogP contribution is -2.18. The summed E-state index contributed by atoms with van der Waals surface area (Å²) in [6.45, 7) is 0.441. The quantitative estimate of drug-likeness (QED) is 0.373. The number of carbonyl (C=O) groups excluding carboxylic acids is 1. The van der Waals surface area contributed by atoms with Crippen molar-refractivity contribution >= 4 is 23.4 Å². The van der Waals surface area contributed by atoms with Gasteiger partial charge in [0.05, 0.1) is 11.0 Å². The minimum Gasteiger partial charge on any atom is -0.486 e. The van der Waals surface area contributed by atoms with Gasteiger partial charge in [0.25, 0.3) is 11.6 Å². The predicted molar refractivity (Wildman–Crippen MR) is 92.7 cm³/mol. The third-order valence-corrected chi connectivity index (χ3v) is 3.73. The Balaban J connectivity index is 1.95. The zero-order valence-corrected chi connectivity index (χ0v) is 14.1. The van der Waals surface area contributed by atoms with Crippen LogP contribution in [0, 0.1) is 33.1 Å². The van der Waals surface area contributed by atoms with Gasteiger partial charge in [0.1, 0.15) is 42.2 Å². The number of fused-ring (bicyclic) bond motifs is 1. The Morgan fingerprint density at radius 1 is 1.21 bits per heavy atom. The number of nitrogens with zero attached hydrogens (tertiary/aromatic N) is 2. The first-order valence-corrected chi connectivity index (χ1v) is 7.85. The fraction of sp³-hybridized carbons (Fsp3) is 0.111. The molecule has 1 amide bonds. The van der Waals surface area contributed by atoms with E-state index in [9.17, 15) is 29.0 Å².